The highest BCUT2D eigenvalue weighted by molar-refractivity contribution is 14.1. The van der Waals surface area contributed by atoms with Crippen molar-refractivity contribution >= 4 is 57.4 Å². The molecule has 1 heterocycles. The third-order valence-electron chi connectivity index (χ3n) is 2.89. The van der Waals surface area contributed by atoms with E-state index in [9.17, 15) is 8.78 Å². The highest BCUT2D eigenvalue weighted by Crippen LogP contribution is 2.26. The number of aromatic amines is 1. The lowest BCUT2D eigenvalue weighted by Gasteiger charge is -2.06. The fourth-order valence-corrected chi connectivity index (χ4v) is 2.94. The zero-order chi connectivity index (χ0) is 14.4. The van der Waals surface area contributed by atoms with E-state index < -0.39 is 5.82 Å². The number of benzene rings is 2. The Hall–Kier alpha value is -0.990. The monoisotopic (exact) mass is 422 g/mol. The van der Waals surface area contributed by atoms with E-state index in [0.717, 1.165) is 0 Å². The molecule has 7 heteroatoms. The molecule has 0 bridgehead atoms. The summed E-state index contributed by atoms with van der Waals surface area (Å²) >= 11 is 12.9. The number of hydrogen-bond donors (Lipinski definition) is 1. The average molecular weight is 423 g/mol. The third-order valence-corrected chi connectivity index (χ3v) is 4.29. The molecule has 20 heavy (non-hydrogen) atoms. The normalized spacial score (nSPS) is 11.2. The van der Waals surface area contributed by atoms with Crippen molar-refractivity contribution in [3.63, 3.8) is 0 Å². The van der Waals surface area contributed by atoms with Crippen LogP contribution in [-0.2, 0) is 0 Å². The topological polar surface area (TPSA) is 20.7 Å². The molecule has 3 aromatic rings. The van der Waals surface area contributed by atoms with E-state index in [0.29, 0.717) is 25.1 Å². The third kappa shape index (κ3) is 2.25. The van der Waals surface area contributed by atoms with E-state index in [-0.39, 0.29) is 10.8 Å². The van der Waals surface area contributed by atoms with Crippen molar-refractivity contribution in [1.82, 2.24) is 9.55 Å². The van der Waals surface area contributed by atoms with Crippen LogP contribution >= 0.6 is 46.4 Å². The van der Waals surface area contributed by atoms with Crippen molar-refractivity contribution < 1.29 is 8.78 Å². The second-order valence-corrected chi connectivity index (χ2v) is 6.10. The number of H-pyrrole nitrogens is 1. The Bertz CT molecular complexity index is 888. The zero-order valence-corrected chi connectivity index (χ0v) is 13.5. The largest absolute Gasteiger partial charge is 0.330 e. The molecule has 0 aliphatic heterocycles. The molecule has 0 amide bonds. The van der Waals surface area contributed by atoms with Crippen LogP contribution < -0.4 is 0 Å². The molecule has 0 spiro atoms. The van der Waals surface area contributed by atoms with Crippen molar-refractivity contribution in [2.75, 3.05) is 0 Å². The van der Waals surface area contributed by atoms with Crippen LogP contribution in [-0.4, -0.2) is 9.55 Å². The van der Waals surface area contributed by atoms with E-state index in [1.54, 1.807) is 16.7 Å². The lowest BCUT2D eigenvalue weighted by Crippen LogP contribution is -1.95. The van der Waals surface area contributed by atoms with Crippen molar-refractivity contribution in [2.24, 2.45) is 0 Å². The molecule has 0 radical (unpaired) electrons. The number of fused-ring (bicyclic) bond motifs is 1. The van der Waals surface area contributed by atoms with Gasteiger partial charge in [-0.1, -0.05) is 11.6 Å². The van der Waals surface area contributed by atoms with Crippen LogP contribution in [0.15, 0.2) is 30.3 Å². The molecular weight excluding hydrogens is 417 g/mol. The Morgan fingerprint density at radius 1 is 1.15 bits per heavy atom. The molecule has 3 rings (SSSR count). The number of rotatable bonds is 1. The van der Waals surface area contributed by atoms with Crippen LogP contribution in [0.25, 0.3) is 16.7 Å². The first-order valence-electron chi connectivity index (χ1n) is 5.52. The van der Waals surface area contributed by atoms with Crippen molar-refractivity contribution in [2.45, 2.75) is 0 Å². The fourth-order valence-electron chi connectivity index (χ4n) is 1.98. The number of nitrogens with one attached hydrogen (secondary N) is 1. The van der Waals surface area contributed by atoms with Gasteiger partial charge in [-0.25, -0.2) is 8.78 Å². The van der Waals surface area contributed by atoms with Gasteiger partial charge in [0.1, 0.15) is 11.6 Å². The minimum atomic E-state index is -0.512. The van der Waals surface area contributed by atoms with E-state index in [4.69, 9.17) is 23.8 Å². The fraction of sp³-hybridized carbons (Fsp3) is 0. The molecule has 102 valence electrons. The first kappa shape index (κ1) is 14.0. The minimum absolute atomic E-state index is 0.00951. The zero-order valence-electron chi connectivity index (χ0n) is 9.75. The molecular formula is C13H6ClF2IN2S. The summed E-state index contributed by atoms with van der Waals surface area (Å²) < 4.78 is 29.5. The summed E-state index contributed by atoms with van der Waals surface area (Å²) in [5.41, 5.74) is 1.87. The van der Waals surface area contributed by atoms with Gasteiger partial charge in [0, 0.05) is 6.07 Å². The number of halogens is 4. The van der Waals surface area contributed by atoms with E-state index in [1.807, 2.05) is 22.6 Å². The van der Waals surface area contributed by atoms with E-state index >= 15 is 0 Å². The van der Waals surface area contributed by atoms with Gasteiger partial charge in [-0.15, -0.1) is 0 Å². The maximum Gasteiger partial charge on any atom is 0.182 e. The van der Waals surface area contributed by atoms with Gasteiger partial charge in [0.25, 0.3) is 0 Å². The van der Waals surface area contributed by atoms with Gasteiger partial charge < -0.3 is 4.98 Å². The van der Waals surface area contributed by atoms with Gasteiger partial charge in [0.2, 0.25) is 0 Å². The second kappa shape index (κ2) is 5.09. The summed E-state index contributed by atoms with van der Waals surface area (Å²) in [6, 6.07) is 7.31. The van der Waals surface area contributed by atoms with Crippen molar-refractivity contribution in [3.8, 4) is 5.69 Å². The van der Waals surface area contributed by atoms with Gasteiger partial charge in [0.05, 0.1) is 25.3 Å². The Balaban J connectivity index is 2.35. The maximum atomic E-state index is 13.7. The van der Waals surface area contributed by atoms with Crippen molar-refractivity contribution in [3.05, 3.63) is 55.3 Å². The standard InChI is InChI=1S/C13H6ClF2IN2S/c14-7-3-6(1-2-8(7)15)19-12-4-9(16)10(17)5-11(12)18-13(19)20/h1-5H,(H,18,20). The highest BCUT2D eigenvalue weighted by Gasteiger charge is 2.11. The number of nitrogens with zero attached hydrogens (tertiary/aromatic N) is 1. The van der Waals surface area contributed by atoms with Crippen LogP contribution in [0.3, 0.4) is 0 Å². The first-order valence-corrected chi connectivity index (χ1v) is 7.39. The Morgan fingerprint density at radius 2 is 1.90 bits per heavy atom. The van der Waals surface area contributed by atoms with Crippen LogP contribution in [0.5, 0.6) is 0 Å². The van der Waals surface area contributed by atoms with Crippen molar-refractivity contribution in [1.29, 1.82) is 0 Å². The van der Waals surface area contributed by atoms with Crippen LogP contribution in [0.4, 0.5) is 8.78 Å². The Labute approximate surface area is 136 Å². The van der Waals surface area contributed by atoms with Gasteiger partial charge in [-0.3, -0.25) is 4.57 Å². The molecule has 0 saturated heterocycles. The van der Waals surface area contributed by atoms with E-state index in [1.165, 1.54) is 18.2 Å². The average Bonchev–Trinajstić information content (AvgIpc) is 2.69. The molecule has 0 fully saturated rings. The molecule has 0 atom stereocenters. The molecule has 1 aromatic heterocycles. The minimum Gasteiger partial charge on any atom is -0.330 e. The van der Waals surface area contributed by atoms with E-state index in [2.05, 4.69) is 4.98 Å². The van der Waals surface area contributed by atoms with Gasteiger partial charge in [-0.05, 0) is 59.1 Å². The quantitative estimate of drug-likeness (QED) is 0.421. The SMILES string of the molecule is Fc1ccc(-n2c(=S)[nH]c3cc(I)c(F)cc32)cc1Cl. The predicted octanol–water partition coefficient (Wildman–Crippen LogP) is 5.22. The summed E-state index contributed by atoms with van der Waals surface area (Å²) in [7, 11) is 0. The molecule has 0 aliphatic carbocycles. The Kier molecular flexibility index (Phi) is 3.55. The lowest BCUT2D eigenvalue weighted by atomic mass is 10.2. The van der Waals surface area contributed by atoms with Crippen LogP contribution in [0, 0.1) is 20.0 Å². The summed E-state index contributed by atoms with van der Waals surface area (Å²) in [6.07, 6.45) is 0. The molecule has 0 aliphatic rings. The number of aromatic nitrogens is 2. The highest BCUT2D eigenvalue weighted by atomic mass is 127. The number of hydrogen-bond acceptors (Lipinski definition) is 1. The first-order chi connectivity index (χ1) is 9.47. The van der Waals surface area contributed by atoms with Gasteiger partial charge >= 0.3 is 0 Å². The summed E-state index contributed by atoms with van der Waals surface area (Å²) in [4.78, 5) is 3.00. The van der Waals surface area contributed by atoms with Crippen LogP contribution in [0.2, 0.25) is 5.02 Å². The smallest absolute Gasteiger partial charge is 0.182 e. The second-order valence-electron chi connectivity index (χ2n) is 4.15. The number of imidazole rings is 1. The molecule has 2 aromatic carbocycles. The van der Waals surface area contributed by atoms with Gasteiger partial charge in [-0.2, -0.15) is 0 Å². The van der Waals surface area contributed by atoms with Gasteiger partial charge in [0.15, 0.2) is 4.77 Å². The predicted molar refractivity (Wildman–Crippen MR) is 86.1 cm³/mol. The molecule has 1 N–H and O–H groups in total. The molecule has 0 saturated carbocycles. The van der Waals surface area contributed by atoms with Crippen LogP contribution in [0.1, 0.15) is 0 Å². The maximum absolute atomic E-state index is 13.7. The Morgan fingerprint density at radius 3 is 2.60 bits per heavy atom. The lowest BCUT2D eigenvalue weighted by molar-refractivity contribution is 0.621. The molecule has 0 unspecified atom stereocenters. The molecule has 2 nitrogen and oxygen atoms in total. The summed E-state index contributed by atoms with van der Waals surface area (Å²) in [6.45, 7) is 0. The summed E-state index contributed by atoms with van der Waals surface area (Å²) in [5.74, 6) is -0.850. The summed E-state index contributed by atoms with van der Waals surface area (Å²) in [5, 5.41) is -0.00951.